The van der Waals surface area contributed by atoms with Gasteiger partial charge in [-0.2, -0.15) is 0 Å². The molecule has 0 aliphatic carbocycles. The van der Waals surface area contributed by atoms with Gasteiger partial charge in [0.1, 0.15) is 0 Å². The number of nitrogens with one attached hydrogen (secondary N) is 1. The third-order valence-corrected chi connectivity index (χ3v) is 4.42. The average Bonchev–Trinajstić information content (AvgIpc) is 2.41. The normalized spacial score (nSPS) is 16.7. The van der Waals surface area contributed by atoms with Gasteiger partial charge in [0, 0.05) is 29.9 Å². The van der Waals surface area contributed by atoms with Crippen LogP contribution in [0, 0.1) is 11.6 Å². The number of hydrogen-bond donors (Lipinski definition) is 1. The van der Waals surface area contributed by atoms with Crippen molar-refractivity contribution in [3.8, 4) is 0 Å². The van der Waals surface area contributed by atoms with Gasteiger partial charge in [-0.3, -0.25) is 4.79 Å². The first kappa shape index (κ1) is 16.1. The van der Waals surface area contributed by atoms with Crippen LogP contribution in [-0.2, 0) is 13.8 Å². The van der Waals surface area contributed by atoms with E-state index >= 15 is 0 Å². The van der Waals surface area contributed by atoms with Crippen molar-refractivity contribution in [2.24, 2.45) is 0 Å². The average molecular weight is 340 g/mol. The predicted octanol–water partition coefficient (Wildman–Crippen LogP) is 1.80. The maximum absolute atomic E-state index is 13.7. The van der Waals surface area contributed by atoms with Crippen LogP contribution < -0.4 is 5.32 Å². The number of ether oxygens (including phenoxy) is 1. The monoisotopic (exact) mass is 339 g/mol. The molecule has 0 saturated carbocycles. The lowest BCUT2D eigenvalue weighted by molar-refractivity contribution is 0.0694. The van der Waals surface area contributed by atoms with E-state index in [1.807, 2.05) is 0 Å². The number of rotatable bonds is 3. The van der Waals surface area contributed by atoms with Crippen LogP contribution in [0.25, 0.3) is 0 Å². The standard InChI is InChI=1S/C12H12ClF2NO4S/c13-21(18,19)8-5-9(11(15)10(14)6-8)12(17)16-7-1-3-20-4-2-7/h5-7H,1-4H2,(H,16,17). The second-order valence-electron chi connectivity index (χ2n) is 4.56. The lowest BCUT2D eigenvalue weighted by Gasteiger charge is -2.23. The zero-order valence-electron chi connectivity index (χ0n) is 10.7. The third-order valence-electron chi connectivity index (χ3n) is 3.08. The second-order valence-corrected chi connectivity index (χ2v) is 7.13. The summed E-state index contributed by atoms with van der Waals surface area (Å²) < 4.78 is 54.6. The summed E-state index contributed by atoms with van der Waals surface area (Å²) in [5.74, 6) is -3.75. The molecule has 1 aliphatic rings. The van der Waals surface area contributed by atoms with Crippen molar-refractivity contribution in [3.05, 3.63) is 29.3 Å². The lowest BCUT2D eigenvalue weighted by atomic mass is 10.1. The Hall–Kier alpha value is -1.25. The van der Waals surface area contributed by atoms with E-state index < -0.39 is 37.1 Å². The Bertz CT molecular complexity index is 659. The molecule has 1 amide bonds. The largest absolute Gasteiger partial charge is 0.381 e. The van der Waals surface area contributed by atoms with E-state index in [1.54, 1.807) is 0 Å². The van der Waals surface area contributed by atoms with E-state index in [0.717, 1.165) is 6.07 Å². The minimum absolute atomic E-state index is 0.232. The maximum atomic E-state index is 13.7. The van der Waals surface area contributed by atoms with E-state index in [0.29, 0.717) is 32.1 Å². The van der Waals surface area contributed by atoms with Gasteiger partial charge in [-0.05, 0) is 25.0 Å². The number of halogens is 3. The van der Waals surface area contributed by atoms with Crippen LogP contribution >= 0.6 is 10.7 Å². The van der Waals surface area contributed by atoms with Crippen molar-refractivity contribution in [2.75, 3.05) is 13.2 Å². The molecule has 0 spiro atoms. The number of carbonyl (C=O) groups is 1. The molecule has 1 aromatic rings. The molecule has 1 fully saturated rings. The summed E-state index contributed by atoms with van der Waals surface area (Å²) in [5, 5.41) is 2.52. The smallest absolute Gasteiger partial charge is 0.261 e. The minimum atomic E-state index is -4.27. The highest BCUT2D eigenvalue weighted by Gasteiger charge is 2.24. The zero-order chi connectivity index (χ0) is 15.6. The highest BCUT2D eigenvalue weighted by Crippen LogP contribution is 2.22. The summed E-state index contributed by atoms with van der Waals surface area (Å²) in [6, 6.07) is 0.920. The topological polar surface area (TPSA) is 72.5 Å². The molecule has 2 rings (SSSR count). The quantitative estimate of drug-likeness (QED) is 0.852. The Labute approximate surface area is 124 Å². The Balaban J connectivity index is 2.29. The summed E-state index contributed by atoms with van der Waals surface area (Å²) in [6.07, 6.45) is 1.09. The van der Waals surface area contributed by atoms with Gasteiger partial charge in [-0.1, -0.05) is 0 Å². The maximum Gasteiger partial charge on any atom is 0.261 e. The van der Waals surface area contributed by atoms with Crippen LogP contribution in [0.3, 0.4) is 0 Å². The summed E-state index contributed by atoms with van der Waals surface area (Å²) >= 11 is 0. The van der Waals surface area contributed by atoms with Gasteiger partial charge >= 0.3 is 0 Å². The Morgan fingerprint density at radius 1 is 1.29 bits per heavy atom. The summed E-state index contributed by atoms with van der Waals surface area (Å²) in [5.41, 5.74) is -0.694. The van der Waals surface area contributed by atoms with Gasteiger partial charge < -0.3 is 10.1 Å². The van der Waals surface area contributed by atoms with Gasteiger partial charge in [-0.15, -0.1) is 0 Å². The molecule has 1 saturated heterocycles. The molecule has 9 heteroatoms. The van der Waals surface area contributed by atoms with Crippen molar-refractivity contribution in [1.29, 1.82) is 0 Å². The van der Waals surface area contributed by atoms with Crippen LogP contribution in [-0.4, -0.2) is 33.6 Å². The second kappa shape index (κ2) is 6.25. The fourth-order valence-electron chi connectivity index (χ4n) is 1.98. The van der Waals surface area contributed by atoms with E-state index in [1.165, 1.54) is 0 Å². The molecular formula is C12H12ClF2NO4S. The van der Waals surface area contributed by atoms with Gasteiger partial charge in [0.15, 0.2) is 11.6 Å². The van der Waals surface area contributed by atoms with E-state index in [-0.39, 0.29) is 6.04 Å². The number of amides is 1. The highest BCUT2D eigenvalue weighted by molar-refractivity contribution is 8.13. The summed E-state index contributed by atoms with van der Waals surface area (Å²) in [4.78, 5) is 11.3. The molecule has 0 unspecified atom stereocenters. The first-order chi connectivity index (χ1) is 9.79. The number of benzene rings is 1. The number of carbonyl (C=O) groups excluding carboxylic acids is 1. The Morgan fingerprint density at radius 2 is 1.90 bits per heavy atom. The molecule has 116 valence electrons. The molecule has 1 aromatic carbocycles. The van der Waals surface area contributed by atoms with Crippen molar-refractivity contribution in [2.45, 2.75) is 23.8 Å². The lowest BCUT2D eigenvalue weighted by Crippen LogP contribution is -2.39. The van der Waals surface area contributed by atoms with Crippen LogP contribution in [0.5, 0.6) is 0 Å². The first-order valence-electron chi connectivity index (χ1n) is 6.11. The fraction of sp³-hybridized carbons (Fsp3) is 0.417. The van der Waals surface area contributed by atoms with Gasteiger partial charge in [-0.25, -0.2) is 17.2 Å². The molecule has 1 N–H and O–H groups in total. The summed E-state index contributed by atoms with van der Waals surface area (Å²) in [7, 11) is 0.821. The van der Waals surface area contributed by atoms with Gasteiger partial charge in [0.05, 0.1) is 10.5 Å². The van der Waals surface area contributed by atoms with E-state index in [9.17, 15) is 22.0 Å². The Morgan fingerprint density at radius 3 is 2.48 bits per heavy atom. The number of hydrogen-bond acceptors (Lipinski definition) is 4. The molecule has 0 atom stereocenters. The van der Waals surface area contributed by atoms with Crippen LogP contribution in [0.1, 0.15) is 23.2 Å². The van der Waals surface area contributed by atoms with Gasteiger partial charge in [0.2, 0.25) is 0 Å². The summed E-state index contributed by atoms with van der Waals surface area (Å²) in [6.45, 7) is 0.912. The molecular weight excluding hydrogens is 328 g/mol. The minimum Gasteiger partial charge on any atom is -0.381 e. The first-order valence-corrected chi connectivity index (χ1v) is 8.42. The SMILES string of the molecule is O=C(NC1CCOCC1)c1cc(S(=O)(=O)Cl)cc(F)c1F. The van der Waals surface area contributed by atoms with Crippen LogP contribution in [0.2, 0.25) is 0 Å². The predicted molar refractivity (Wildman–Crippen MR) is 70.7 cm³/mol. The molecule has 0 bridgehead atoms. The molecule has 1 aliphatic heterocycles. The third kappa shape index (κ3) is 3.90. The fourth-order valence-corrected chi connectivity index (χ4v) is 2.75. The zero-order valence-corrected chi connectivity index (χ0v) is 12.3. The van der Waals surface area contributed by atoms with Crippen LogP contribution in [0.4, 0.5) is 8.78 Å². The van der Waals surface area contributed by atoms with E-state index in [4.69, 9.17) is 15.4 Å². The van der Waals surface area contributed by atoms with E-state index in [2.05, 4.69) is 5.32 Å². The molecule has 5 nitrogen and oxygen atoms in total. The van der Waals surface area contributed by atoms with Crippen molar-refractivity contribution >= 4 is 25.6 Å². The van der Waals surface area contributed by atoms with Gasteiger partial charge in [0.25, 0.3) is 15.0 Å². The van der Waals surface area contributed by atoms with Crippen molar-refractivity contribution in [3.63, 3.8) is 0 Å². The van der Waals surface area contributed by atoms with Crippen LogP contribution in [0.15, 0.2) is 17.0 Å². The van der Waals surface area contributed by atoms with Crippen molar-refractivity contribution in [1.82, 2.24) is 5.32 Å². The Kier molecular flexibility index (Phi) is 4.80. The van der Waals surface area contributed by atoms with Crippen molar-refractivity contribution < 1.29 is 26.7 Å². The molecule has 1 heterocycles. The molecule has 21 heavy (non-hydrogen) atoms. The molecule has 0 radical (unpaired) electrons. The highest BCUT2D eigenvalue weighted by atomic mass is 35.7. The molecule has 0 aromatic heterocycles.